The number of carbonyl (C=O) groups is 1. The number of hydrogen-bond acceptors (Lipinski definition) is 1. The molecule has 0 fully saturated rings. The highest BCUT2D eigenvalue weighted by atomic mass is 35.5. The summed E-state index contributed by atoms with van der Waals surface area (Å²) in [6.45, 7) is 0. The van der Waals surface area contributed by atoms with Gasteiger partial charge in [0, 0.05) is 11.4 Å². The molecule has 1 aromatic carbocycles. The summed E-state index contributed by atoms with van der Waals surface area (Å²) >= 11 is 5.94. The van der Waals surface area contributed by atoms with Crippen molar-refractivity contribution in [1.82, 2.24) is 0 Å². The molecule has 0 bridgehead atoms. The highest BCUT2D eigenvalue weighted by Crippen LogP contribution is 2.33. The van der Waals surface area contributed by atoms with Crippen molar-refractivity contribution in [3.8, 4) is 0 Å². The Morgan fingerprint density at radius 2 is 2.36 bits per heavy atom. The van der Waals surface area contributed by atoms with Gasteiger partial charge >= 0.3 is 5.97 Å². The van der Waals surface area contributed by atoms with E-state index in [0.29, 0.717) is 10.6 Å². The number of allylic oxidation sites excluding steroid dienone is 1. The molecule has 3 heteroatoms. The number of aliphatic carboxylic acids is 1. The molecule has 70 valence electrons. The van der Waals surface area contributed by atoms with Crippen LogP contribution in [0.1, 0.15) is 17.0 Å². The maximum atomic E-state index is 10.9. The van der Waals surface area contributed by atoms with Crippen LogP contribution in [0.25, 0.3) is 0 Å². The van der Waals surface area contributed by atoms with Crippen LogP contribution in [-0.2, 0) is 4.79 Å². The zero-order valence-corrected chi connectivity index (χ0v) is 7.95. The summed E-state index contributed by atoms with van der Waals surface area (Å²) in [5.41, 5.74) is 1.39. The molecule has 0 saturated heterocycles. The van der Waals surface area contributed by atoms with Gasteiger partial charge in [0.05, 0.1) is 0 Å². The van der Waals surface area contributed by atoms with Gasteiger partial charge in [-0.2, -0.15) is 0 Å². The summed E-state index contributed by atoms with van der Waals surface area (Å²) in [5.74, 6) is -1.54. The minimum absolute atomic E-state index is 0.478. The van der Waals surface area contributed by atoms with Crippen LogP contribution in [0.3, 0.4) is 0 Å². The smallest absolute Gasteiger partial charge is 0.314 e. The molecule has 2 radical (unpaired) electrons. The van der Waals surface area contributed by atoms with Gasteiger partial charge in [-0.1, -0.05) is 29.8 Å². The van der Waals surface area contributed by atoms with Crippen molar-refractivity contribution in [1.29, 1.82) is 0 Å². The van der Waals surface area contributed by atoms with Crippen LogP contribution < -0.4 is 0 Å². The molecule has 0 saturated carbocycles. The molecule has 2 rings (SSSR count). The number of fused-ring (bicyclic) bond motifs is 1. The Kier molecular flexibility index (Phi) is 2.30. The Hall–Kier alpha value is -1.28. The minimum Gasteiger partial charge on any atom is -0.481 e. The van der Waals surface area contributed by atoms with Crippen LogP contribution in [0, 0.1) is 12.5 Å². The molecule has 1 aromatic rings. The molecule has 2 nitrogen and oxygen atoms in total. The Balaban J connectivity index is 2.57. The lowest BCUT2D eigenvalue weighted by Gasteiger charge is -2.17. The van der Waals surface area contributed by atoms with Crippen molar-refractivity contribution in [2.24, 2.45) is 0 Å². The largest absolute Gasteiger partial charge is 0.481 e. The van der Waals surface area contributed by atoms with E-state index >= 15 is 0 Å². The predicted octanol–water partition coefficient (Wildman–Crippen LogP) is 2.43. The van der Waals surface area contributed by atoms with Gasteiger partial charge in [0.1, 0.15) is 5.92 Å². The lowest BCUT2D eigenvalue weighted by molar-refractivity contribution is -0.137. The Labute approximate surface area is 86.8 Å². The molecular weight excluding hydrogens is 200 g/mol. The van der Waals surface area contributed by atoms with E-state index in [1.165, 1.54) is 0 Å². The van der Waals surface area contributed by atoms with E-state index in [-0.39, 0.29) is 0 Å². The second-order valence-corrected chi connectivity index (χ2v) is 3.43. The van der Waals surface area contributed by atoms with Gasteiger partial charge in [-0.25, -0.2) is 0 Å². The molecule has 1 atom stereocenters. The SMILES string of the molecule is O=C(O)C1C=C[CH]c2[c]ccc(Cl)c21. The fourth-order valence-corrected chi connectivity index (χ4v) is 1.80. The lowest BCUT2D eigenvalue weighted by atomic mass is 9.88. The van der Waals surface area contributed by atoms with Crippen molar-refractivity contribution in [2.75, 3.05) is 0 Å². The second kappa shape index (κ2) is 3.46. The number of benzene rings is 1. The zero-order chi connectivity index (χ0) is 10.1. The average molecular weight is 207 g/mol. The fourth-order valence-electron chi connectivity index (χ4n) is 1.52. The van der Waals surface area contributed by atoms with Crippen molar-refractivity contribution in [3.05, 3.63) is 52.9 Å². The van der Waals surface area contributed by atoms with Gasteiger partial charge in [0.2, 0.25) is 0 Å². The maximum Gasteiger partial charge on any atom is 0.314 e. The van der Waals surface area contributed by atoms with Crippen LogP contribution in [0.15, 0.2) is 24.3 Å². The lowest BCUT2D eigenvalue weighted by Crippen LogP contribution is -2.14. The standard InChI is InChI=1S/C11H7ClO2/c12-9-6-2-4-7-3-1-5-8(10(7)9)11(13)14/h1-3,5-6,8H,(H,13,14). The third-order valence-corrected chi connectivity index (χ3v) is 2.49. The molecule has 1 aliphatic rings. The molecule has 0 heterocycles. The molecular formula is C11H7ClO2. The quantitative estimate of drug-likeness (QED) is 0.766. The molecule has 1 aliphatic carbocycles. The number of halogens is 1. The van der Waals surface area contributed by atoms with Gasteiger partial charge in [-0.05, 0) is 23.3 Å². The highest BCUT2D eigenvalue weighted by Gasteiger charge is 2.24. The Bertz CT molecular complexity index is 410. The van der Waals surface area contributed by atoms with Gasteiger partial charge in [0.15, 0.2) is 0 Å². The molecule has 0 spiro atoms. The maximum absolute atomic E-state index is 10.9. The molecule has 1 N–H and O–H groups in total. The number of carboxylic acid groups (broad SMARTS) is 1. The molecule has 14 heavy (non-hydrogen) atoms. The summed E-state index contributed by atoms with van der Waals surface area (Å²) < 4.78 is 0. The second-order valence-electron chi connectivity index (χ2n) is 3.02. The third kappa shape index (κ3) is 1.42. The van der Waals surface area contributed by atoms with Crippen LogP contribution in [0.5, 0.6) is 0 Å². The van der Waals surface area contributed by atoms with E-state index in [4.69, 9.17) is 16.7 Å². The first kappa shape index (κ1) is 9.28. The molecule has 1 unspecified atom stereocenters. The summed E-state index contributed by atoms with van der Waals surface area (Å²) in [7, 11) is 0. The first-order valence-electron chi connectivity index (χ1n) is 4.14. The van der Waals surface area contributed by atoms with Crippen molar-refractivity contribution >= 4 is 17.6 Å². The Morgan fingerprint density at radius 3 is 3.07 bits per heavy atom. The average Bonchev–Trinajstić information content (AvgIpc) is 2.17. The van der Waals surface area contributed by atoms with Crippen molar-refractivity contribution in [3.63, 3.8) is 0 Å². The van der Waals surface area contributed by atoms with Crippen LogP contribution >= 0.6 is 11.6 Å². The third-order valence-electron chi connectivity index (χ3n) is 2.16. The minimum atomic E-state index is -0.892. The normalized spacial score (nSPS) is 19.1. The number of hydrogen-bond donors (Lipinski definition) is 1. The Morgan fingerprint density at radius 1 is 1.57 bits per heavy atom. The monoisotopic (exact) mass is 206 g/mol. The number of carboxylic acids is 1. The highest BCUT2D eigenvalue weighted by molar-refractivity contribution is 6.31. The van der Waals surface area contributed by atoms with Crippen molar-refractivity contribution < 1.29 is 9.90 Å². The molecule has 0 aromatic heterocycles. The van der Waals surface area contributed by atoms with Crippen LogP contribution in [0.4, 0.5) is 0 Å². The topological polar surface area (TPSA) is 37.3 Å². The predicted molar refractivity (Wildman–Crippen MR) is 53.2 cm³/mol. The van der Waals surface area contributed by atoms with E-state index in [1.54, 1.807) is 30.7 Å². The fraction of sp³-hybridized carbons (Fsp3) is 0.0909. The van der Waals surface area contributed by atoms with Gasteiger partial charge < -0.3 is 5.11 Å². The summed E-state index contributed by atoms with van der Waals surface area (Å²) in [5, 5.41) is 9.45. The summed E-state index contributed by atoms with van der Waals surface area (Å²) in [4.78, 5) is 10.9. The first-order chi connectivity index (χ1) is 6.70. The first-order valence-corrected chi connectivity index (χ1v) is 4.52. The van der Waals surface area contributed by atoms with Gasteiger partial charge in [0.25, 0.3) is 0 Å². The molecule has 0 aliphatic heterocycles. The van der Waals surface area contributed by atoms with Crippen molar-refractivity contribution in [2.45, 2.75) is 5.92 Å². The van der Waals surface area contributed by atoms with E-state index in [2.05, 4.69) is 6.07 Å². The van der Waals surface area contributed by atoms with E-state index in [0.717, 1.165) is 5.56 Å². The van der Waals surface area contributed by atoms with E-state index < -0.39 is 11.9 Å². The van der Waals surface area contributed by atoms with E-state index in [1.807, 2.05) is 0 Å². The summed E-state index contributed by atoms with van der Waals surface area (Å²) in [6, 6.07) is 6.31. The molecule has 0 amide bonds. The van der Waals surface area contributed by atoms with Crippen LogP contribution in [-0.4, -0.2) is 11.1 Å². The summed E-state index contributed by atoms with van der Waals surface area (Å²) in [6.07, 6.45) is 5.14. The number of rotatable bonds is 1. The van der Waals surface area contributed by atoms with E-state index in [9.17, 15) is 4.79 Å². The zero-order valence-electron chi connectivity index (χ0n) is 7.20. The van der Waals surface area contributed by atoms with Gasteiger partial charge in [-0.15, -0.1) is 0 Å². The van der Waals surface area contributed by atoms with Crippen LogP contribution in [0.2, 0.25) is 5.02 Å². The van der Waals surface area contributed by atoms with Gasteiger partial charge in [-0.3, -0.25) is 4.79 Å².